The summed E-state index contributed by atoms with van der Waals surface area (Å²) in [5.74, 6) is 0.844. The van der Waals surface area contributed by atoms with Crippen LogP contribution in [0.5, 0.6) is 0 Å². The Balaban J connectivity index is 1.47. The molecule has 3 aliphatic heterocycles. The van der Waals surface area contributed by atoms with Crippen molar-refractivity contribution in [3.05, 3.63) is 83.5 Å². The molecule has 5 atom stereocenters. The first-order valence-electron chi connectivity index (χ1n) is 11.6. The van der Waals surface area contributed by atoms with E-state index >= 15 is 0 Å². The molecule has 3 aliphatic rings. The first kappa shape index (κ1) is 22.3. The van der Waals surface area contributed by atoms with Crippen molar-refractivity contribution in [1.29, 1.82) is 0 Å². The number of nitrogens with zero attached hydrogens (tertiary/aromatic N) is 2. The van der Waals surface area contributed by atoms with Gasteiger partial charge >= 0.3 is 0 Å². The maximum Gasteiger partial charge on any atom is 0.279 e. The summed E-state index contributed by atoms with van der Waals surface area (Å²) in [6.45, 7) is 6.14. The van der Waals surface area contributed by atoms with E-state index in [0.29, 0.717) is 22.9 Å². The number of pyridine rings is 1. The van der Waals surface area contributed by atoms with E-state index in [9.17, 15) is 9.90 Å². The molecule has 6 rings (SSSR count). The molecular weight excluding hydrogens is 478 g/mol. The van der Waals surface area contributed by atoms with Gasteiger partial charge in [0.2, 0.25) is 0 Å². The monoisotopic (exact) mass is 506 g/mol. The minimum Gasteiger partial charge on any atom is -0.382 e. The maximum atomic E-state index is 13.3. The summed E-state index contributed by atoms with van der Waals surface area (Å²) in [4.78, 5) is 17.7. The number of aromatic nitrogens is 1. The van der Waals surface area contributed by atoms with Crippen LogP contribution in [0, 0.1) is 11.8 Å². The van der Waals surface area contributed by atoms with E-state index in [1.54, 1.807) is 6.20 Å². The van der Waals surface area contributed by atoms with E-state index in [2.05, 4.69) is 32.8 Å². The standard InChI is InChI=1S/C27H28BrN3O2/c1-2-18-16-31(17-26(32)30-24-10-6-4-8-22(24)28)14-12-19(18)15-25(31)27(33)21-11-13-29-23-9-5-3-7-20(21)23/h2-11,13,18-19,25,27,33H,1,12,14-17H2/p+1/t18?,19?,25?,27?,31-/m0/s1. The van der Waals surface area contributed by atoms with Crippen LogP contribution in [0.1, 0.15) is 24.5 Å². The number of halogens is 1. The number of hydrogen-bond donors (Lipinski definition) is 2. The highest BCUT2D eigenvalue weighted by Crippen LogP contribution is 2.47. The lowest BCUT2D eigenvalue weighted by Gasteiger charge is -2.57. The Morgan fingerprint density at radius 2 is 2.03 bits per heavy atom. The molecule has 2 bridgehead atoms. The molecule has 0 saturated carbocycles. The molecule has 3 aromatic rings. The van der Waals surface area contributed by atoms with E-state index in [0.717, 1.165) is 52.6 Å². The first-order chi connectivity index (χ1) is 16.0. The van der Waals surface area contributed by atoms with E-state index in [1.165, 1.54) is 0 Å². The van der Waals surface area contributed by atoms with Gasteiger partial charge in [0.05, 0.1) is 24.3 Å². The van der Waals surface area contributed by atoms with Crippen molar-refractivity contribution >= 4 is 38.4 Å². The quantitative estimate of drug-likeness (QED) is 0.362. The smallest absolute Gasteiger partial charge is 0.279 e. The van der Waals surface area contributed by atoms with Gasteiger partial charge in [0, 0.05) is 34.8 Å². The minimum absolute atomic E-state index is 0.0261. The highest BCUT2D eigenvalue weighted by Gasteiger charge is 2.54. The van der Waals surface area contributed by atoms with Crippen LogP contribution in [0.4, 0.5) is 5.69 Å². The van der Waals surface area contributed by atoms with E-state index < -0.39 is 6.10 Å². The summed E-state index contributed by atoms with van der Waals surface area (Å²) in [5.41, 5.74) is 2.55. The van der Waals surface area contributed by atoms with Crippen molar-refractivity contribution in [3.8, 4) is 0 Å². The second-order valence-electron chi connectivity index (χ2n) is 9.42. The van der Waals surface area contributed by atoms with Crippen molar-refractivity contribution in [3.63, 3.8) is 0 Å². The molecule has 170 valence electrons. The summed E-state index contributed by atoms with van der Waals surface area (Å²) in [6, 6.07) is 17.5. The Labute approximate surface area is 202 Å². The molecule has 2 aromatic carbocycles. The number of aliphatic hydroxyl groups is 1. The third kappa shape index (κ3) is 4.12. The van der Waals surface area contributed by atoms with Gasteiger partial charge in [0.25, 0.3) is 5.91 Å². The van der Waals surface area contributed by atoms with Crippen LogP contribution in [0.2, 0.25) is 0 Å². The molecule has 2 N–H and O–H groups in total. The summed E-state index contributed by atoms with van der Waals surface area (Å²) >= 11 is 3.52. The average Bonchev–Trinajstić information content (AvgIpc) is 2.84. The molecule has 4 heterocycles. The fourth-order valence-electron chi connectivity index (χ4n) is 6.00. The van der Waals surface area contributed by atoms with Gasteiger partial charge in [-0.05, 0) is 51.7 Å². The summed E-state index contributed by atoms with van der Waals surface area (Å²) in [5, 5.41) is 15.8. The number of rotatable bonds is 6. The van der Waals surface area contributed by atoms with Gasteiger partial charge in [-0.1, -0.05) is 36.4 Å². The second-order valence-corrected chi connectivity index (χ2v) is 10.3. The number of para-hydroxylation sites is 2. The molecule has 1 amide bonds. The lowest BCUT2D eigenvalue weighted by molar-refractivity contribution is -0.966. The average molecular weight is 507 g/mol. The van der Waals surface area contributed by atoms with Gasteiger partial charge in [-0.25, -0.2) is 0 Å². The van der Waals surface area contributed by atoms with Crippen LogP contribution in [0.25, 0.3) is 10.9 Å². The van der Waals surface area contributed by atoms with Crippen molar-refractivity contribution in [2.75, 3.05) is 25.0 Å². The number of hydrogen-bond acceptors (Lipinski definition) is 3. The van der Waals surface area contributed by atoms with Gasteiger partial charge in [-0.3, -0.25) is 9.78 Å². The predicted molar refractivity (Wildman–Crippen MR) is 135 cm³/mol. The molecule has 6 heteroatoms. The molecule has 3 saturated heterocycles. The number of anilines is 1. The van der Waals surface area contributed by atoms with Crippen molar-refractivity contribution in [2.24, 2.45) is 11.8 Å². The number of benzene rings is 2. The molecule has 1 aromatic heterocycles. The zero-order valence-electron chi connectivity index (χ0n) is 18.5. The predicted octanol–water partition coefficient (Wildman–Crippen LogP) is 5.08. The van der Waals surface area contributed by atoms with Gasteiger partial charge < -0.3 is 14.9 Å². The lowest BCUT2D eigenvalue weighted by Crippen LogP contribution is -2.69. The number of fused-ring (bicyclic) bond motifs is 4. The van der Waals surface area contributed by atoms with Crippen LogP contribution in [0.15, 0.2) is 77.9 Å². The summed E-state index contributed by atoms with van der Waals surface area (Å²) in [7, 11) is 0. The number of quaternary nitrogens is 1. The van der Waals surface area contributed by atoms with Crippen LogP contribution >= 0.6 is 15.9 Å². The topological polar surface area (TPSA) is 62.2 Å². The second kappa shape index (κ2) is 9.01. The zero-order valence-corrected chi connectivity index (χ0v) is 20.1. The molecule has 0 spiro atoms. The highest BCUT2D eigenvalue weighted by atomic mass is 79.9. The number of amides is 1. The van der Waals surface area contributed by atoms with Crippen LogP contribution in [-0.4, -0.2) is 46.2 Å². The van der Waals surface area contributed by atoms with Gasteiger partial charge in [0.15, 0.2) is 6.54 Å². The normalized spacial score (nSPS) is 27.3. The summed E-state index contributed by atoms with van der Waals surface area (Å²) < 4.78 is 1.45. The highest BCUT2D eigenvalue weighted by molar-refractivity contribution is 9.10. The zero-order chi connectivity index (χ0) is 23.0. The molecule has 4 unspecified atom stereocenters. The molecule has 5 nitrogen and oxygen atoms in total. The van der Waals surface area contributed by atoms with Gasteiger partial charge in [-0.2, -0.15) is 0 Å². The van der Waals surface area contributed by atoms with Crippen LogP contribution in [0.3, 0.4) is 0 Å². The van der Waals surface area contributed by atoms with E-state index in [1.807, 2.05) is 60.7 Å². The number of nitrogens with one attached hydrogen (secondary N) is 1. The molecular formula is C27H29BrN3O2+. The number of carbonyl (C=O) groups is 1. The Kier molecular flexibility index (Phi) is 6.08. The van der Waals surface area contributed by atoms with E-state index in [4.69, 9.17) is 0 Å². The Bertz CT molecular complexity index is 1190. The minimum atomic E-state index is -0.664. The number of piperidine rings is 3. The molecule has 0 radical (unpaired) electrons. The van der Waals surface area contributed by atoms with Gasteiger partial charge in [0.1, 0.15) is 12.1 Å². The van der Waals surface area contributed by atoms with Crippen molar-refractivity contribution < 1.29 is 14.4 Å². The Morgan fingerprint density at radius 3 is 2.85 bits per heavy atom. The van der Waals surface area contributed by atoms with Crippen LogP contribution < -0.4 is 5.32 Å². The molecule has 3 fully saturated rings. The Hall–Kier alpha value is -2.54. The first-order valence-corrected chi connectivity index (χ1v) is 12.3. The number of carbonyl (C=O) groups excluding carboxylic acids is 1. The third-order valence-electron chi connectivity index (χ3n) is 7.65. The van der Waals surface area contributed by atoms with E-state index in [-0.39, 0.29) is 11.9 Å². The number of aliphatic hydroxyl groups excluding tert-OH is 1. The van der Waals surface area contributed by atoms with Gasteiger partial charge in [-0.15, -0.1) is 6.58 Å². The molecule has 33 heavy (non-hydrogen) atoms. The Morgan fingerprint density at radius 1 is 1.24 bits per heavy atom. The fourth-order valence-corrected chi connectivity index (χ4v) is 6.39. The van der Waals surface area contributed by atoms with Crippen molar-refractivity contribution in [1.82, 2.24) is 4.98 Å². The SMILES string of the molecule is C=CC1C[N@+]2(CC(=O)Nc3ccccc3Br)CCC1CC2C(O)c1ccnc2ccccc12. The lowest BCUT2D eigenvalue weighted by atomic mass is 9.71. The third-order valence-corrected chi connectivity index (χ3v) is 8.34. The summed E-state index contributed by atoms with van der Waals surface area (Å²) in [6.07, 6.45) is 5.10. The maximum absolute atomic E-state index is 13.3. The largest absolute Gasteiger partial charge is 0.382 e. The molecule has 0 aliphatic carbocycles. The van der Waals surface area contributed by atoms with Crippen LogP contribution in [-0.2, 0) is 4.79 Å². The fraction of sp³-hybridized carbons (Fsp3) is 0.333. The van der Waals surface area contributed by atoms with Crippen molar-refractivity contribution in [2.45, 2.75) is 25.0 Å².